The van der Waals surface area contributed by atoms with Crippen LogP contribution in [0.3, 0.4) is 0 Å². The standard InChI is InChI=1S/C13H14BF4NO/c14-12(20)19-5-3-8(4-6-19)10-7-9(15)1-2-11(10)13(16,17)18/h1-2,7-8H,3-6,14H2. The maximum absolute atomic E-state index is 13.3. The lowest BCUT2D eigenvalue weighted by molar-refractivity contribution is -0.138. The van der Waals surface area contributed by atoms with Gasteiger partial charge in [-0.3, -0.25) is 4.79 Å². The van der Waals surface area contributed by atoms with E-state index in [1.807, 2.05) is 0 Å². The molecule has 2 nitrogen and oxygen atoms in total. The van der Waals surface area contributed by atoms with Crippen molar-refractivity contribution in [3.8, 4) is 0 Å². The molecule has 1 aliphatic rings. The van der Waals surface area contributed by atoms with Crippen LogP contribution in [0.1, 0.15) is 29.9 Å². The SMILES string of the molecule is BC(=O)N1CCC(c2cc(F)ccc2C(F)(F)F)CC1. The highest BCUT2D eigenvalue weighted by molar-refractivity contribution is 6.56. The Kier molecular flexibility index (Phi) is 4.06. The topological polar surface area (TPSA) is 20.3 Å². The van der Waals surface area contributed by atoms with Crippen LogP contribution in [0.5, 0.6) is 0 Å². The van der Waals surface area contributed by atoms with Crippen LogP contribution in [0.25, 0.3) is 0 Å². The van der Waals surface area contributed by atoms with E-state index in [2.05, 4.69) is 0 Å². The summed E-state index contributed by atoms with van der Waals surface area (Å²) in [5, 5.41) is 0. The van der Waals surface area contributed by atoms with Crippen LogP contribution < -0.4 is 0 Å². The first-order valence-corrected chi connectivity index (χ1v) is 6.41. The van der Waals surface area contributed by atoms with Crippen LogP contribution >= 0.6 is 0 Å². The number of piperidine rings is 1. The van der Waals surface area contributed by atoms with E-state index in [1.54, 1.807) is 4.90 Å². The number of likely N-dealkylation sites (tertiary alicyclic amines) is 1. The van der Waals surface area contributed by atoms with Gasteiger partial charge in [-0.15, -0.1) is 0 Å². The average Bonchev–Trinajstić information content (AvgIpc) is 2.37. The number of alkyl halides is 3. The minimum absolute atomic E-state index is 0.000650. The lowest BCUT2D eigenvalue weighted by atomic mass is 9.85. The van der Waals surface area contributed by atoms with Crippen molar-refractivity contribution in [2.24, 2.45) is 0 Å². The third-order valence-corrected chi connectivity index (χ3v) is 3.70. The summed E-state index contributed by atoms with van der Waals surface area (Å²) in [7, 11) is 1.43. The predicted octanol–water partition coefficient (Wildman–Crippen LogP) is 2.78. The van der Waals surface area contributed by atoms with Gasteiger partial charge in [-0.05, 0) is 42.5 Å². The maximum atomic E-state index is 13.3. The molecule has 7 heteroatoms. The molecular formula is C13H14BF4NO. The number of amides is 1. The monoisotopic (exact) mass is 287 g/mol. The van der Waals surface area contributed by atoms with Crippen LogP contribution in [0.2, 0.25) is 0 Å². The molecule has 1 aromatic carbocycles. The van der Waals surface area contributed by atoms with Crippen molar-refractivity contribution in [3.63, 3.8) is 0 Å². The largest absolute Gasteiger partial charge is 0.416 e. The fraction of sp³-hybridized carbons (Fsp3) is 0.462. The van der Waals surface area contributed by atoms with E-state index in [4.69, 9.17) is 0 Å². The number of carbonyl (C=O) groups is 1. The minimum Gasteiger partial charge on any atom is -0.352 e. The third-order valence-electron chi connectivity index (χ3n) is 3.70. The molecule has 0 unspecified atom stereocenters. The van der Waals surface area contributed by atoms with Gasteiger partial charge in [0.2, 0.25) is 7.85 Å². The Bertz CT molecular complexity index is 510. The van der Waals surface area contributed by atoms with E-state index in [-0.39, 0.29) is 17.3 Å². The Morgan fingerprint density at radius 2 is 1.85 bits per heavy atom. The smallest absolute Gasteiger partial charge is 0.352 e. The van der Waals surface area contributed by atoms with E-state index >= 15 is 0 Å². The van der Waals surface area contributed by atoms with Crippen molar-refractivity contribution < 1.29 is 22.4 Å². The second-order valence-electron chi connectivity index (χ2n) is 5.01. The van der Waals surface area contributed by atoms with Crippen molar-refractivity contribution in [1.82, 2.24) is 4.90 Å². The quantitative estimate of drug-likeness (QED) is 0.574. The second-order valence-corrected chi connectivity index (χ2v) is 5.01. The number of nitrogens with zero attached hydrogens (tertiary/aromatic N) is 1. The summed E-state index contributed by atoms with van der Waals surface area (Å²) in [6.45, 7) is 0.821. The highest BCUT2D eigenvalue weighted by atomic mass is 19.4. The van der Waals surface area contributed by atoms with Gasteiger partial charge in [0.15, 0.2) is 5.81 Å². The first kappa shape index (κ1) is 14.9. The number of halogens is 4. The normalized spacial score (nSPS) is 17.3. The fourth-order valence-electron chi connectivity index (χ4n) is 2.63. The summed E-state index contributed by atoms with van der Waals surface area (Å²) in [6, 6.07) is 2.59. The van der Waals surface area contributed by atoms with Crippen molar-refractivity contribution in [3.05, 3.63) is 35.1 Å². The van der Waals surface area contributed by atoms with Gasteiger partial charge >= 0.3 is 6.18 Å². The van der Waals surface area contributed by atoms with Crippen LogP contribution in [-0.4, -0.2) is 31.6 Å². The van der Waals surface area contributed by atoms with Crippen LogP contribution in [0.15, 0.2) is 18.2 Å². The van der Waals surface area contributed by atoms with Crippen molar-refractivity contribution >= 4 is 13.7 Å². The van der Waals surface area contributed by atoms with Gasteiger partial charge < -0.3 is 4.90 Å². The number of hydrogen-bond acceptors (Lipinski definition) is 1. The van der Waals surface area contributed by atoms with Gasteiger partial charge in [0.25, 0.3) is 0 Å². The zero-order chi connectivity index (χ0) is 14.9. The van der Waals surface area contributed by atoms with Crippen LogP contribution in [0.4, 0.5) is 22.4 Å². The van der Waals surface area contributed by atoms with Crippen molar-refractivity contribution in [2.75, 3.05) is 13.1 Å². The molecule has 0 N–H and O–H groups in total. The molecule has 1 fully saturated rings. The van der Waals surface area contributed by atoms with Crippen LogP contribution in [-0.2, 0) is 6.18 Å². The number of carbonyl (C=O) groups excluding carboxylic acids is 1. The summed E-state index contributed by atoms with van der Waals surface area (Å²) in [5.41, 5.74) is -0.777. The molecule has 1 saturated heterocycles. The molecule has 1 amide bonds. The summed E-state index contributed by atoms with van der Waals surface area (Å²) < 4.78 is 52.1. The molecule has 0 bridgehead atoms. The lowest BCUT2D eigenvalue weighted by Gasteiger charge is -2.33. The van der Waals surface area contributed by atoms with Crippen LogP contribution in [0, 0.1) is 5.82 Å². The summed E-state index contributed by atoms with van der Waals surface area (Å²) in [5.74, 6) is -1.11. The fourth-order valence-corrected chi connectivity index (χ4v) is 2.63. The third kappa shape index (κ3) is 3.14. The predicted molar refractivity (Wildman–Crippen MR) is 68.9 cm³/mol. The van der Waals surface area contributed by atoms with E-state index in [9.17, 15) is 22.4 Å². The van der Waals surface area contributed by atoms with E-state index in [0.29, 0.717) is 25.9 Å². The Morgan fingerprint density at radius 1 is 1.25 bits per heavy atom. The van der Waals surface area contributed by atoms with Gasteiger partial charge in [-0.2, -0.15) is 13.2 Å². The first-order chi connectivity index (χ1) is 9.29. The lowest BCUT2D eigenvalue weighted by Crippen LogP contribution is -2.37. The number of rotatable bonds is 1. The minimum atomic E-state index is -4.49. The van der Waals surface area contributed by atoms with Gasteiger partial charge in [0, 0.05) is 13.1 Å². The molecule has 0 radical (unpaired) electrons. The highest BCUT2D eigenvalue weighted by Crippen LogP contribution is 2.39. The molecule has 0 aromatic heterocycles. The molecule has 0 saturated carbocycles. The Morgan fingerprint density at radius 3 is 2.35 bits per heavy atom. The van der Waals surface area contributed by atoms with Gasteiger partial charge in [0.05, 0.1) is 5.56 Å². The summed E-state index contributed by atoms with van der Waals surface area (Å²) in [6.07, 6.45) is -3.64. The molecule has 2 rings (SSSR count). The van der Waals surface area contributed by atoms with Gasteiger partial charge in [0.1, 0.15) is 5.82 Å². The van der Waals surface area contributed by atoms with E-state index < -0.39 is 17.6 Å². The zero-order valence-corrected chi connectivity index (χ0v) is 11.0. The van der Waals surface area contributed by atoms with Gasteiger partial charge in [-0.1, -0.05) is 0 Å². The number of hydrogen-bond donors (Lipinski definition) is 0. The highest BCUT2D eigenvalue weighted by Gasteiger charge is 2.36. The molecule has 20 heavy (non-hydrogen) atoms. The van der Waals surface area contributed by atoms with E-state index in [0.717, 1.165) is 18.2 Å². The average molecular weight is 287 g/mol. The molecule has 1 aromatic rings. The van der Waals surface area contributed by atoms with Gasteiger partial charge in [-0.25, -0.2) is 4.39 Å². The molecule has 1 aliphatic heterocycles. The molecule has 0 atom stereocenters. The first-order valence-electron chi connectivity index (χ1n) is 6.41. The molecule has 0 spiro atoms. The van der Waals surface area contributed by atoms with Crippen molar-refractivity contribution in [2.45, 2.75) is 24.9 Å². The zero-order valence-electron chi connectivity index (χ0n) is 11.0. The summed E-state index contributed by atoms with van der Waals surface area (Å²) >= 11 is 0. The second kappa shape index (κ2) is 5.46. The Hall–Kier alpha value is -1.53. The Labute approximate surface area is 115 Å². The molecular weight excluding hydrogens is 273 g/mol. The molecule has 0 aliphatic carbocycles. The Balaban J connectivity index is 2.25. The van der Waals surface area contributed by atoms with Crippen molar-refractivity contribution in [1.29, 1.82) is 0 Å². The maximum Gasteiger partial charge on any atom is 0.416 e. The van der Waals surface area contributed by atoms with E-state index in [1.165, 1.54) is 7.85 Å². The summed E-state index contributed by atoms with van der Waals surface area (Å²) in [4.78, 5) is 12.8. The molecule has 108 valence electrons. The number of benzene rings is 1. The molecule has 1 heterocycles.